The van der Waals surface area contributed by atoms with Gasteiger partial charge in [-0.3, -0.25) is 9.59 Å². The first-order chi connectivity index (χ1) is 27.8. The van der Waals surface area contributed by atoms with E-state index in [2.05, 4.69) is 36.9 Å². The van der Waals surface area contributed by atoms with Gasteiger partial charge in [0.25, 0.3) is 0 Å². The summed E-state index contributed by atoms with van der Waals surface area (Å²) in [5.74, 6) is -1.73. The Labute approximate surface area is 341 Å². The summed E-state index contributed by atoms with van der Waals surface area (Å²) >= 11 is 0. The minimum atomic E-state index is -1.52. The highest BCUT2D eigenvalue weighted by atomic mass is 16.5. The first kappa shape index (κ1) is 43.2. The fourth-order valence-electron chi connectivity index (χ4n) is 7.47. The van der Waals surface area contributed by atoms with Crippen LogP contribution in [-0.2, 0) is 19.1 Å². The number of carbonyl (C=O) groups excluding carboxylic acids is 3. The van der Waals surface area contributed by atoms with Crippen molar-refractivity contribution in [3.8, 4) is 22.8 Å². The van der Waals surface area contributed by atoms with E-state index in [1.807, 2.05) is 68.5 Å². The van der Waals surface area contributed by atoms with E-state index in [1.54, 1.807) is 19.3 Å². The van der Waals surface area contributed by atoms with Crippen LogP contribution < -0.4 is 20.1 Å². The summed E-state index contributed by atoms with van der Waals surface area (Å²) in [7, 11) is 1.57. The lowest BCUT2D eigenvalue weighted by atomic mass is 9.91. The number of carboxylic acids is 1. The number of carboxylic acid groups (broad SMARTS) is 1. The van der Waals surface area contributed by atoms with E-state index < -0.39 is 53.5 Å². The van der Waals surface area contributed by atoms with Crippen LogP contribution in [-0.4, -0.2) is 82.9 Å². The highest BCUT2D eigenvalue weighted by Gasteiger charge is 2.61. The molecule has 0 spiro atoms. The lowest BCUT2D eigenvalue weighted by molar-refractivity contribution is -0.145. The van der Waals surface area contributed by atoms with Crippen LogP contribution in [0, 0.1) is 11.3 Å². The molecule has 0 radical (unpaired) electrons. The van der Waals surface area contributed by atoms with E-state index in [-0.39, 0.29) is 37.8 Å². The normalized spacial score (nSPS) is 20.3. The number of likely N-dealkylation sites (tertiary alicyclic amines) is 1. The van der Waals surface area contributed by atoms with Gasteiger partial charge < -0.3 is 34.9 Å². The summed E-state index contributed by atoms with van der Waals surface area (Å²) in [5, 5.41) is 16.3. The molecular formula is C46H56N4O8. The molecule has 1 saturated carbocycles. The number of carbonyl (C=O) groups is 4. The molecule has 5 rings (SSSR count). The number of hydrogen-bond donors (Lipinski definition) is 3. The lowest BCUT2D eigenvalue weighted by Gasteiger charge is -2.30. The molecule has 1 aromatic heterocycles. The van der Waals surface area contributed by atoms with Crippen molar-refractivity contribution >= 4 is 40.9 Å². The Balaban J connectivity index is 1.49. The quantitative estimate of drug-likeness (QED) is 0.0722. The number of pyridine rings is 1. The number of aromatic nitrogens is 1. The molecule has 12 heteroatoms. The maximum Gasteiger partial charge on any atom is 0.407 e. The van der Waals surface area contributed by atoms with Gasteiger partial charge >= 0.3 is 12.1 Å². The topological polar surface area (TPSA) is 156 Å². The number of ether oxygens (including phenoxy) is 3. The Morgan fingerprint density at radius 1 is 1.03 bits per heavy atom. The van der Waals surface area contributed by atoms with Gasteiger partial charge in [-0.15, -0.1) is 19.7 Å². The molecule has 3 N–H and O–H groups in total. The molecule has 2 aliphatic rings. The third-order valence-corrected chi connectivity index (χ3v) is 10.9. The van der Waals surface area contributed by atoms with Crippen molar-refractivity contribution in [1.82, 2.24) is 20.5 Å². The number of benzene rings is 2. The highest BCUT2D eigenvalue weighted by molar-refractivity contribution is 5.96. The molecule has 12 nitrogen and oxygen atoms in total. The average Bonchev–Trinajstić information content (AvgIpc) is 3.78. The van der Waals surface area contributed by atoms with Gasteiger partial charge in [-0.25, -0.2) is 14.6 Å². The average molecular weight is 793 g/mol. The first-order valence-electron chi connectivity index (χ1n) is 19.8. The molecule has 2 fully saturated rings. The smallest absolute Gasteiger partial charge is 0.407 e. The molecule has 3 amide bonds. The Morgan fingerprint density at radius 3 is 2.43 bits per heavy atom. The summed E-state index contributed by atoms with van der Waals surface area (Å²) in [6.07, 6.45) is 9.52. The maximum absolute atomic E-state index is 14.7. The van der Waals surface area contributed by atoms with Crippen molar-refractivity contribution in [3.05, 3.63) is 98.6 Å². The van der Waals surface area contributed by atoms with Crippen molar-refractivity contribution in [2.24, 2.45) is 11.3 Å². The van der Waals surface area contributed by atoms with Crippen LogP contribution in [0.2, 0.25) is 0 Å². The van der Waals surface area contributed by atoms with Crippen LogP contribution in [0.1, 0.15) is 70.8 Å². The zero-order valence-electron chi connectivity index (χ0n) is 33.8. The molecule has 1 saturated heterocycles. The van der Waals surface area contributed by atoms with Crippen molar-refractivity contribution < 1.29 is 38.5 Å². The van der Waals surface area contributed by atoms with Gasteiger partial charge in [0.15, 0.2) is 0 Å². The summed E-state index contributed by atoms with van der Waals surface area (Å²) in [6.45, 7) is 19.2. The summed E-state index contributed by atoms with van der Waals surface area (Å²) in [4.78, 5) is 60.9. The van der Waals surface area contributed by atoms with Gasteiger partial charge in [0, 0.05) is 46.4 Å². The molecule has 2 heterocycles. The van der Waals surface area contributed by atoms with Gasteiger partial charge in [0.2, 0.25) is 11.8 Å². The summed E-state index contributed by atoms with van der Waals surface area (Å²) in [6, 6.07) is 13.0. The molecule has 1 aliphatic heterocycles. The second-order valence-electron chi connectivity index (χ2n) is 15.8. The number of nitrogens with one attached hydrogen (secondary N) is 2. The van der Waals surface area contributed by atoms with E-state index in [1.165, 1.54) is 11.0 Å². The molecule has 308 valence electrons. The Hall–Kier alpha value is -5.91. The van der Waals surface area contributed by atoms with Gasteiger partial charge in [-0.2, -0.15) is 0 Å². The van der Waals surface area contributed by atoms with Gasteiger partial charge in [0.1, 0.15) is 35.2 Å². The minimum Gasteiger partial charge on any atom is -0.496 e. The number of amides is 3. The minimum absolute atomic E-state index is 0.0209. The second-order valence-corrected chi connectivity index (χ2v) is 15.8. The third kappa shape index (κ3) is 10.1. The fourth-order valence-corrected chi connectivity index (χ4v) is 7.47. The van der Waals surface area contributed by atoms with Crippen LogP contribution >= 0.6 is 0 Å². The second kappa shape index (κ2) is 19.0. The Kier molecular flexibility index (Phi) is 14.2. The van der Waals surface area contributed by atoms with Crippen molar-refractivity contribution in [1.29, 1.82) is 0 Å². The van der Waals surface area contributed by atoms with Crippen LogP contribution in [0.25, 0.3) is 28.2 Å². The van der Waals surface area contributed by atoms with Crippen LogP contribution in [0.4, 0.5) is 4.79 Å². The molecule has 1 aliphatic carbocycles. The molecule has 2 aromatic carbocycles. The number of hydrogen-bond acceptors (Lipinski definition) is 8. The van der Waals surface area contributed by atoms with Gasteiger partial charge in [-0.1, -0.05) is 87.9 Å². The van der Waals surface area contributed by atoms with Crippen LogP contribution in [0.15, 0.2) is 93.1 Å². The predicted octanol–water partition coefficient (Wildman–Crippen LogP) is 7.88. The van der Waals surface area contributed by atoms with E-state index in [4.69, 9.17) is 19.2 Å². The van der Waals surface area contributed by atoms with Crippen molar-refractivity contribution in [2.75, 3.05) is 20.3 Å². The first-order valence-corrected chi connectivity index (χ1v) is 19.8. The Bertz CT molecular complexity index is 2030. The third-order valence-electron chi connectivity index (χ3n) is 10.9. The molecule has 5 atom stereocenters. The number of methoxy groups -OCH3 is 1. The highest BCUT2D eigenvalue weighted by Crippen LogP contribution is 2.45. The molecular weight excluding hydrogens is 737 g/mol. The maximum atomic E-state index is 14.7. The Morgan fingerprint density at radius 2 is 1.79 bits per heavy atom. The van der Waals surface area contributed by atoms with Crippen molar-refractivity contribution in [2.45, 2.75) is 88.9 Å². The zero-order valence-corrected chi connectivity index (χ0v) is 33.8. The standard InChI is InChI=1S/C46H56N4O8/c1-8-12-13-14-18-21-35(48-44(55)57-29-45(5,6)22-9-2)42(52)50-28-33(24-38(50)41(51)49-46(43(53)54)27-32(46)11-4)58-40-25-36(31-19-16-15-17-20-31)47-37-26-39(56-7)30(10-3)23-34(37)40/h8-11,15-17,19-20,23,25-26,32-33,35,38H,1-4,12-14,18,21-22,24,27-29H2,5-7H3,(H,48,55)(H,49,51)(H,53,54)/t32-,33-,35+,38-,46-/m1/s1. The van der Waals surface area contributed by atoms with Gasteiger partial charge in [-0.05, 0) is 38.2 Å². The lowest BCUT2D eigenvalue weighted by Crippen LogP contribution is -2.56. The number of alkyl carbamates (subject to hydrolysis) is 1. The monoisotopic (exact) mass is 792 g/mol. The number of rotatable bonds is 21. The molecule has 0 bridgehead atoms. The van der Waals surface area contributed by atoms with Crippen molar-refractivity contribution in [3.63, 3.8) is 0 Å². The van der Waals surface area contributed by atoms with E-state index >= 15 is 0 Å². The summed E-state index contributed by atoms with van der Waals surface area (Å²) < 4.78 is 18.0. The number of allylic oxidation sites excluding steroid dienone is 2. The number of unbranched alkanes of at least 4 members (excludes halogenated alkanes) is 3. The van der Waals surface area contributed by atoms with E-state index in [9.17, 15) is 24.3 Å². The molecule has 58 heavy (non-hydrogen) atoms. The predicted molar refractivity (Wildman–Crippen MR) is 225 cm³/mol. The number of aliphatic carboxylic acids is 1. The largest absolute Gasteiger partial charge is 0.496 e. The van der Waals surface area contributed by atoms with Gasteiger partial charge in [0.05, 0.1) is 31.5 Å². The van der Waals surface area contributed by atoms with Crippen LogP contribution in [0.3, 0.4) is 0 Å². The number of nitrogens with zero attached hydrogens (tertiary/aromatic N) is 2. The fraction of sp³-hybridized carbons (Fsp3) is 0.413. The zero-order chi connectivity index (χ0) is 42.0. The van der Waals surface area contributed by atoms with E-state index in [0.29, 0.717) is 40.9 Å². The molecule has 3 aromatic rings. The van der Waals surface area contributed by atoms with E-state index in [0.717, 1.165) is 30.4 Å². The number of fused-ring (bicyclic) bond motifs is 1. The molecule has 0 unspecified atom stereocenters. The SMILES string of the molecule is C=CCCCCC[C@H](NC(=O)OCC(C)(C)CC=C)C(=O)N1C[C@H](Oc2cc(-c3ccccc3)nc3cc(OC)c(C=C)cc23)C[C@@H]1C(=O)N[C@]1(C(=O)O)C[C@H]1C=C. The van der Waals surface area contributed by atoms with Crippen LogP contribution in [0.5, 0.6) is 11.5 Å². The summed E-state index contributed by atoms with van der Waals surface area (Å²) in [5.41, 5.74) is 0.915.